The molecule has 0 spiro atoms. The van der Waals surface area contributed by atoms with E-state index < -0.39 is 6.10 Å². The highest BCUT2D eigenvalue weighted by Crippen LogP contribution is 2.24. The lowest BCUT2D eigenvalue weighted by Gasteiger charge is -2.17. The highest BCUT2D eigenvalue weighted by molar-refractivity contribution is 5.74. The van der Waals surface area contributed by atoms with Gasteiger partial charge in [0.25, 0.3) is 0 Å². The second-order valence-electron chi connectivity index (χ2n) is 5.28. The molecule has 4 nitrogen and oxygen atoms in total. The van der Waals surface area contributed by atoms with E-state index in [9.17, 15) is 4.79 Å². The van der Waals surface area contributed by atoms with Crippen molar-refractivity contribution in [3.63, 3.8) is 0 Å². The fourth-order valence-electron chi connectivity index (χ4n) is 2.00. The third kappa shape index (κ3) is 4.23. The average molecular weight is 277 g/mol. The summed E-state index contributed by atoms with van der Waals surface area (Å²) in [5, 5.41) is 3.47. The van der Waals surface area contributed by atoms with Crippen LogP contribution in [0, 0.1) is 6.92 Å². The number of carbonyl (C=O) groups is 1. The van der Waals surface area contributed by atoms with Gasteiger partial charge in [0, 0.05) is 18.2 Å². The van der Waals surface area contributed by atoms with E-state index in [2.05, 4.69) is 18.3 Å². The number of ether oxygens (including phenoxy) is 2. The fourth-order valence-corrected chi connectivity index (χ4v) is 2.00. The maximum Gasteiger partial charge on any atom is 0.347 e. The fraction of sp³-hybridized carbons (Fsp3) is 0.562. The van der Waals surface area contributed by atoms with Crippen molar-refractivity contribution in [2.75, 3.05) is 6.61 Å². The molecule has 1 aromatic rings. The van der Waals surface area contributed by atoms with Gasteiger partial charge in [-0.3, -0.25) is 0 Å². The third-order valence-corrected chi connectivity index (χ3v) is 3.30. The lowest BCUT2D eigenvalue weighted by Crippen LogP contribution is -2.27. The summed E-state index contributed by atoms with van der Waals surface area (Å²) < 4.78 is 10.7. The van der Waals surface area contributed by atoms with E-state index in [1.54, 1.807) is 13.8 Å². The topological polar surface area (TPSA) is 47.6 Å². The number of aryl methyl sites for hydroxylation is 1. The van der Waals surface area contributed by atoms with Crippen LogP contribution in [0.1, 0.15) is 37.8 Å². The molecule has 1 saturated carbocycles. The Hall–Kier alpha value is -1.55. The van der Waals surface area contributed by atoms with Gasteiger partial charge in [-0.15, -0.1) is 0 Å². The Morgan fingerprint density at radius 2 is 2.20 bits per heavy atom. The first-order valence-electron chi connectivity index (χ1n) is 7.26. The third-order valence-electron chi connectivity index (χ3n) is 3.30. The Kier molecular flexibility index (Phi) is 5.01. The van der Waals surface area contributed by atoms with E-state index >= 15 is 0 Å². The van der Waals surface area contributed by atoms with Crippen LogP contribution in [0.5, 0.6) is 5.75 Å². The van der Waals surface area contributed by atoms with Gasteiger partial charge in [0.05, 0.1) is 6.61 Å². The molecular weight excluding hydrogens is 254 g/mol. The van der Waals surface area contributed by atoms with Crippen molar-refractivity contribution in [2.24, 2.45) is 0 Å². The molecule has 1 N–H and O–H groups in total. The smallest absolute Gasteiger partial charge is 0.347 e. The van der Waals surface area contributed by atoms with Crippen LogP contribution in [0.3, 0.4) is 0 Å². The number of rotatable bonds is 7. The van der Waals surface area contributed by atoms with E-state index in [-0.39, 0.29) is 5.97 Å². The van der Waals surface area contributed by atoms with Crippen LogP contribution in [0.25, 0.3) is 0 Å². The number of benzene rings is 1. The Labute approximate surface area is 120 Å². The van der Waals surface area contributed by atoms with Crippen molar-refractivity contribution in [1.29, 1.82) is 0 Å². The number of hydrogen-bond acceptors (Lipinski definition) is 4. The van der Waals surface area contributed by atoms with Gasteiger partial charge in [0.15, 0.2) is 6.10 Å². The van der Waals surface area contributed by atoms with Crippen molar-refractivity contribution < 1.29 is 14.3 Å². The minimum absolute atomic E-state index is 0.325. The Balaban J connectivity index is 2.02. The van der Waals surface area contributed by atoms with Crippen molar-refractivity contribution in [3.05, 3.63) is 29.3 Å². The maximum absolute atomic E-state index is 11.6. The van der Waals surface area contributed by atoms with Crippen molar-refractivity contribution in [2.45, 2.75) is 52.3 Å². The zero-order valence-corrected chi connectivity index (χ0v) is 12.4. The summed E-state index contributed by atoms with van der Waals surface area (Å²) in [6.07, 6.45) is 1.92. The van der Waals surface area contributed by atoms with Crippen LogP contribution in [-0.2, 0) is 16.1 Å². The predicted molar refractivity (Wildman–Crippen MR) is 77.8 cm³/mol. The molecule has 0 heterocycles. The molecule has 0 aliphatic heterocycles. The monoisotopic (exact) mass is 277 g/mol. The molecule has 2 rings (SSSR count). The van der Waals surface area contributed by atoms with Crippen LogP contribution in [0.4, 0.5) is 0 Å². The Morgan fingerprint density at radius 1 is 1.45 bits per heavy atom. The van der Waals surface area contributed by atoms with E-state index in [1.165, 1.54) is 18.4 Å². The van der Waals surface area contributed by atoms with Gasteiger partial charge < -0.3 is 14.8 Å². The average Bonchev–Trinajstić information content (AvgIpc) is 3.23. The normalized spacial score (nSPS) is 15.8. The molecule has 0 bridgehead atoms. The zero-order chi connectivity index (χ0) is 14.5. The number of hydrogen-bond donors (Lipinski definition) is 1. The summed E-state index contributed by atoms with van der Waals surface area (Å²) in [7, 11) is 0. The lowest BCUT2D eigenvalue weighted by molar-refractivity contribution is -0.150. The zero-order valence-electron chi connectivity index (χ0n) is 12.4. The molecule has 1 aliphatic carbocycles. The summed E-state index contributed by atoms with van der Waals surface area (Å²) in [4.78, 5) is 11.6. The second kappa shape index (κ2) is 6.75. The SMILES string of the molecule is CCOC(=O)C(C)Oc1ccc(C)cc1CNC1CC1. The molecule has 20 heavy (non-hydrogen) atoms. The van der Waals surface area contributed by atoms with Gasteiger partial charge in [0.2, 0.25) is 0 Å². The van der Waals surface area contributed by atoms with Crippen LogP contribution in [-0.4, -0.2) is 24.7 Å². The summed E-state index contributed by atoms with van der Waals surface area (Å²) >= 11 is 0. The van der Waals surface area contributed by atoms with Gasteiger partial charge in [-0.25, -0.2) is 4.79 Å². The molecule has 1 aromatic carbocycles. The molecule has 0 aromatic heterocycles. The summed E-state index contributed by atoms with van der Waals surface area (Å²) in [6.45, 7) is 6.71. The van der Waals surface area contributed by atoms with Gasteiger partial charge >= 0.3 is 5.97 Å². The van der Waals surface area contributed by atoms with Crippen LogP contribution < -0.4 is 10.1 Å². The second-order valence-corrected chi connectivity index (χ2v) is 5.28. The largest absolute Gasteiger partial charge is 0.479 e. The van der Waals surface area contributed by atoms with Gasteiger partial charge in [0.1, 0.15) is 5.75 Å². The Bertz CT molecular complexity index is 469. The quantitative estimate of drug-likeness (QED) is 0.778. The highest BCUT2D eigenvalue weighted by Gasteiger charge is 2.22. The van der Waals surface area contributed by atoms with Gasteiger partial charge in [-0.05, 0) is 39.7 Å². The highest BCUT2D eigenvalue weighted by atomic mass is 16.6. The molecule has 110 valence electrons. The molecule has 4 heteroatoms. The molecule has 1 aliphatic rings. The van der Waals surface area contributed by atoms with Crippen LogP contribution in [0.15, 0.2) is 18.2 Å². The lowest BCUT2D eigenvalue weighted by atomic mass is 10.1. The van der Waals surface area contributed by atoms with E-state index in [0.717, 1.165) is 17.9 Å². The summed E-state index contributed by atoms with van der Waals surface area (Å²) in [5.74, 6) is 0.429. The molecule has 0 radical (unpaired) electrons. The molecule has 1 unspecified atom stereocenters. The standard InChI is InChI=1S/C16H23NO3/c1-4-19-16(18)12(3)20-15-8-5-11(2)9-13(15)10-17-14-6-7-14/h5,8-9,12,14,17H,4,6-7,10H2,1-3H3. The number of carbonyl (C=O) groups excluding carboxylic acids is 1. The first kappa shape index (κ1) is 14.9. The minimum atomic E-state index is -0.586. The van der Waals surface area contributed by atoms with Crippen molar-refractivity contribution in [3.8, 4) is 5.75 Å². The van der Waals surface area contributed by atoms with E-state index in [1.807, 2.05) is 12.1 Å². The first-order chi connectivity index (χ1) is 9.60. The van der Waals surface area contributed by atoms with Crippen molar-refractivity contribution >= 4 is 5.97 Å². The van der Waals surface area contributed by atoms with E-state index in [0.29, 0.717) is 12.6 Å². The molecular formula is C16H23NO3. The van der Waals surface area contributed by atoms with E-state index in [4.69, 9.17) is 9.47 Å². The predicted octanol–water partition coefficient (Wildman–Crippen LogP) is 2.58. The Morgan fingerprint density at radius 3 is 2.85 bits per heavy atom. The maximum atomic E-state index is 11.6. The molecule has 1 fully saturated rings. The number of nitrogens with one attached hydrogen (secondary N) is 1. The molecule has 1 atom stereocenters. The van der Waals surface area contributed by atoms with Gasteiger partial charge in [-0.2, -0.15) is 0 Å². The molecule has 0 saturated heterocycles. The molecule has 0 amide bonds. The van der Waals surface area contributed by atoms with Gasteiger partial charge in [-0.1, -0.05) is 17.7 Å². The summed E-state index contributed by atoms with van der Waals surface area (Å²) in [5.41, 5.74) is 2.28. The van der Waals surface area contributed by atoms with Crippen molar-refractivity contribution in [1.82, 2.24) is 5.32 Å². The van der Waals surface area contributed by atoms with Crippen LogP contribution >= 0.6 is 0 Å². The summed E-state index contributed by atoms with van der Waals surface area (Å²) in [6, 6.07) is 6.66. The van der Waals surface area contributed by atoms with Crippen LogP contribution in [0.2, 0.25) is 0 Å². The first-order valence-corrected chi connectivity index (χ1v) is 7.26. The minimum Gasteiger partial charge on any atom is -0.479 e. The number of esters is 1.